The molecule has 30 heavy (non-hydrogen) atoms. The van der Waals surface area contributed by atoms with E-state index in [1.165, 1.54) is 0 Å². The highest BCUT2D eigenvalue weighted by Crippen LogP contribution is 2.24. The zero-order valence-corrected chi connectivity index (χ0v) is 16.8. The molecule has 8 heteroatoms. The van der Waals surface area contributed by atoms with Crippen molar-refractivity contribution in [3.8, 4) is 22.8 Å². The van der Waals surface area contributed by atoms with Gasteiger partial charge in [-0.05, 0) is 49.4 Å². The number of hydrogen-bond acceptors (Lipinski definition) is 5. The van der Waals surface area contributed by atoms with E-state index in [2.05, 4.69) is 20.4 Å². The number of aromatic nitrogens is 5. The summed E-state index contributed by atoms with van der Waals surface area (Å²) < 4.78 is 8.89. The Balaban J connectivity index is 1.55. The van der Waals surface area contributed by atoms with Gasteiger partial charge in [0.2, 0.25) is 0 Å². The smallest absolute Gasteiger partial charge is 0.251 e. The lowest BCUT2D eigenvalue weighted by Gasteiger charge is -2.10. The minimum Gasteiger partial charge on any atom is -0.497 e. The molecule has 0 radical (unpaired) electrons. The van der Waals surface area contributed by atoms with Crippen molar-refractivity contribution < 1.29 is 9.53 Å². The number of benzene rings is 2. The number of amides is 1. The van der Waals surface area contributed by atoms with E-state index in [4.69, 9.17) is 4.74 Å². The van der Waals surface area contributed by atoms with E-state index in [-0.39, 0.29) is 5.91 Å². The molecule has 1 amide bonds. The zero-order valence-electron chi connectivity index (χ0n) is 16.8. The van der Waals surface area contributed by atoms with Crippen molar-refractivity contribution in [2.75, 3.05) is 13.7 Å². The molecule has 0 saturated carbocycles. The van der Waals surface area contributed by atoms with Gasteiger partial charge in [-0.1, -0.05) is 6.07 Å². The van der Waals surface area contributed by atoms with Crippen LogP contribution in [0.2, 0.25) is 0 Å². The average molecular weight is 402 g/mol. The summed E-state index contributed by atoms with van der Waals surface area (Å²) in [5, 5.41) is 7.46. The Morgan fingerprint density at radius 2 is 2.00 bits per heavy atom. The molecule has 0 bridgehead atoms. The lowest BCUT2D eigenvalue weighted by atomic mass is 10.1. The number of nitrogens with zero attached hydrogens (tertiary/aromatic N) is 5. The van der Waals surface area contributed by atoms with Gasteiger partial charge in [-0.15, -0.1) is 0 Å². The van der Waals surface area contributed by atoms with E-state index in [1.807, 2.05) is 60.2 Å². The van der Waals surface area contributed by atoms with Crippen molar-refractivity contribution in [3.05, 3.63) is 78.6 Å². The average Bonchev–Trinajstić information content (AvgIpc) is 3.43. The molecule has 152 valence electrons. The van der Waals surface area contributed by atoms with Crippen molar-refractivity contribution in [2.45, 2.75) is 13.5 Å². The van der Waals surface area contributed by atoms with Crippen molar-refractivity contribution in [2.24, 2.45) is 0 Å². The molecular weight excluding hydrogens is 380 g/mol. The van der Waals surface area contributed by atoms with Crippen LogP contribution in [0.15, 0.2) is 67.3 Å². The third-order valence-electron chi connectivity index (χ3n) is 4.63. The second-order valence-electron chi connectivity index (χ2n) is 6.73. The largest absolute Gasteiger partial charge is 0.497 e. The molecule has 0 fully saturated rings. The quantitative estimate of drug-likeness (QED) is 0.514. The van der Waals surface area contributed by atoms with Gasteiger partial charge in [-0.2, -0.15) is 5.10 Å². The van der Waals surface area contributed by atoms with Crippen LogP contribution in [0.3, 0.4) is 0 Å². The van der Waals surface area contributed by atoms with Crippen LogP contribution in [0.25, 0.3) is 17.1 Å². The predicted octanol–water partition coefficient (Wildman–Crippen LogP) is 2.88. The molecule has 2 heterocycles. The van der Waals surface area contributed by atoms with Crippen LogP contribution in [-0.2, 0) is 6.54 Å². The first-order valence-electron chi connectivity index (χ1n) is 9.56. The molecule has 0 unspecified atom stereocenters. The van der Waals surface area contributed by atoms with Gasteiger partial charge in [-0.25, -0.2) is 14.6 Å². The van der Waals surface area contributed by atoms with Crippen LogP contribution in [0.1, 0.15) is 16.2 Å². The van der Waals surface area contributed by atoms with Crippen LogP contribution >= 0.6 is 0 Å². The summed E-state index contributed by atoms with van der Waals surface area (Å²) in [7, 11) is 1.63. The van der Waals surface area contributed by atoms with Crippen LogP contribution in [0.5, 0.6) is 5.75 Å². The van der Waals surface area contributed by atoms with Gasteiger partial charge < -0.3 is 14.6 Å². The molecular formula is C22H22N6O2. The monoisotopic (exact) mass is 402 g/mol. The number of carbonyl (C=O) groups is 1. The maximum atomic E-state index is 12.6. The Morgan fingerprint density at radius 1 is 1.17 bits per heavy atom. The lowest BCUT2D eigenvalue weighted by molar-refractivity contribution is 0.0952. The van der Waals surface area contributed by atoms with Gasteiger partial charge in [0, 0.05) is 36.6 Å². The van der Waals surface area contributed by atoms with Crippen molar-refractivity contribution in [3.63, 3.8) is 0 Å². The van der Waals surface area contributed by atoms with Gasteiger partial charge in [0.05, 0.1) is 19.1 Å². The molecule has 4 aromatic rings. The number of ether oxygens (including phenoxy) is 1. The van der Waals surface area contributed by atoms with E-state index in [9.17, 15) is 4.79 Å². The van der Waals surface area contributed by atoms with Crippen molar-refractivity contribution in [1.29, 1.82) is 0 Å². The first kappa shape index (κ1) is 19.4. The van der Waals surface area contributed by atoms with Crippen LogP contribution in [-0.4, -0.2) is 43.9 Å². The van der Waals surface area contributed by atoms with Gasteiger partial charge in [0.15, 0.2) is 5.82 Å². The van der Waals surface area contributed by atoms with Gasteiger partial charge in [0.1, 0.15) is 11.6 Å². The Morgan fingerprint density at radius 3 is 2.73 bits per heavy atom. The van der Waals surface area contributed by atoms with E-state index in [0.717, 1.165) is 17.0 Å². The molecule has 0 saturated heterocycles. The summed E-state index contributed by atoms with van der Waals surface area (Å²) in [6, 6.07) is 15.0. The molecule has 1 N–H and O–H groups in total. The lowest BCUT2D eigenvalue weighted by Crippen LogP contribution is -2.27. The standard InChI is InChI=1S/C22H22N6O2/c1-16-25-21(17-6-8-20(30-2)9-7-17)28(26-16)19-5-3-4-18(14-19)22(29)24-11-13-27-12-10-23-15-27/h3-10,12,14-15H,11,13H2,1-2H3,(H,24,29). The predicted molar refractivity (Wildman–Crippen MR) is 113 cm³/mol. The Bertz CT molecular complexity index is 1130. The molecule has 0 atom stereocenters. The van der Waals surface area contributed by atoms with Gasteiger partial charge in [-0.3, -0.25) is 4.79 Å². The number of imidazole rings is 1. The maximum absolute atomic E-state index is 12.6. The van der Waals surface area contributed by atoms with E-state index < -0.39 is 0 Å². The van der Waals surface area contributed by atoms with E-state index in [0.29, 0.717) is 30.3 Å². The summed E-state index contributed by atoms with van der Waals surface area (Å²) in [4.78, 5) is 21.2. The molecule has 2 aromatic heterocycles. The minimum absolute atomic E-state index is 0.139. The van der Waals surface area contributed by atoms with Crippen LogP contribution < -0.4 is 10.1 Å². The molecule has 8 nitrogen and oxygen atoms in total. The fourth-order valence-corrected chi connectivity index (χ4v) is 3.12. The molecule has 0 aliphatic rings. The molecule has 4 rings (SSSR count). The van der Waals surface area contributed by atoms with E-state index in [1.54, 1.807) is 30.4 Å². The van der Waals surface area contributed by atoms with Gasteiger partial charge in [0.25, 0.3) is 5.91 Å². The number of methoxy groups -OCH3 is 1. The molecule has 2 aromatic carbocycles. The second kappa shape index (κ2) is 8.60. The van der Waals surface area contributed by atoms with Crippen molar-refractivity contribution in [1.82, 2.24) is 29.6 Å². The van der Waals surface area contributed by atoms with Gasteiger partial charge >= 0.3 is 0 Å². The van der Waals surface area contributed by atoms with E-state index >= 15 is 0 Å². The summed E-state index contributed by atoms with van der Waals surface area (Å²) >= 11 is 0. The highest BCUT2D eigenvalue weighted by Gasteiger charge is 2.14. The number of aryl methyl sites for hydroxylation is 1. The third kappa shape index (κ3) is 4.22. The van der Waals surface area contributed by atoms with Crippen LogP contribution in [0, 0.1) is 6.92 Å². The summed E-state index contributed by atoms with van der Waals surface area (Å²) in [6.07, 6.45) is 5.30. The highest BCUT2D eigenvalue weighted by atomic mass is 16.5. The third-order valence-corrected chi connectivity index (χ3v) is 4.63. The topological polar surface area (TPSA) is 86.9 Å². The number of rotatable bonds is 7. The zero-order chi connectivity index (χ0) is 20.9. The van der Waals surface area contributed by atoms with Crippen LogP contribution in [0.4, 0.5) is 0 Å². The molecule has 0 aliphatic heterocycles. The summed E-state index contributed by atoms with van der Waals surface area (Å²) in [5.74, 6) is 1.99. The molecule has 0 spiro atoms. The Labute approximate surface area is 174 Å². The fourth-order valence-electron chi connectivity index (χ4n) is 3.12. The minimum atomic E-state index is -0.139. The second-order valence-corrected chi connectivity index (χ2v) is 6.73. The maximum Gasteiger partial charge on any atom is 0.251 e. The number of hydrogen-bond donors (Lipinski definition) is 1. The first-order valence-corrected chi connectivity index (χ1v) is 9.56. The van der Waals surface area contributed by atoms with Crippen molar-refractivity contribution >= 4 is 5.91 Å². The summed E-state index contributed by atoms with van der Waals surface area (Å²) in [6.45, 7) is 3.02. The Hall–Kier alpha value is -3.94. The number of nitrogens with one attached hydrogen (secondary N) is 1. The Kier molecular flexibility index (Phi) is 5.56. The first-order chi connectivity index (χ1) is 14.6. The normalized spacial score (nSPS) is 10.7. The summed E-state index contributed by atoms with van der Waals surface area (Å²) in [5.41, 5.74) is 2.24. The highest BCUT2D eigenvalue weighted by molar-refractivity contribution is 5.94. The SMILES string of the molecule is COc1ccc(-c2nc(C)nn2-c2cccc(C(=O)NCCn3ccnc3)c2)cc1. The molecule has 0 aliphatic carbocycles. The number of carbonyl (C=O) groups excluding carboxylic acids is 1. The fraction of sp³-hybridized carbons (Fsp3) is 0.182.